The fraction of sp³-hybridized carbons (Fsp3) is 0.714. The van der Waals surface area contributed by atoms with Gasteiger partial charge in [0.25, 0.3) is 0 Å². The van der Waals surface area contributed by atoms with E-state index in [1.54, 1.807) is 0 Å². The van der Waals surface area contributed by atoms with Gasteiger partial charge in [0.05, 0.1) is 11.8 Å². The molecule has 0 aromatic rings. The highest BCUT2D eigenvalue weighted by molar-refractivity contribution is 6.11. The van der Waals surface area contributed by atoms with Gasteiger partial charge >= 0.3 is 0 Å². The smallest absolute Gasteiger partial charge is 0.126 e. The molecule has 2 radical (unpaired) electrons. The van der Waals surface area contributed by atoms with Crippen LogP contribution in [0.15, 0.2) is 11.8 Å². The van der Waals surface area contributed by atoms with Gasteiger partial charge in [-0.05, 0) is 19.4 Å². The Morgan fingerprint density at radius 2 is 2.44 bits per heavy atom. The molecule has 1 saturated heterocycles. The molecule has 9 heavy (non-hydrogen) atoms. The lowest BCUT2D eigenvalue weighted by atomic mass is 9.93. The lowest BCUT2D eigenvalue weighted by Crippen LogP contribution is -2.01. The molecule has 2 heteroatoms. The summed E-state index contributed by atoms with van der Waals surface area (Å²) in [7, 11) is 5.53. The molecule has 2 atom stereocenters. The average molecular weight is 122 g/mol. The molecule has 1 aliphatic heterocycles. The summed E-state index contributed by atoms with van der Waals surface area (Å²) in [6, 6.07) is -0.0637. The first-order chi connectivity index (χ1) is 4.24. The summed E-state index contributed by atoms with van der Waals surface area (Å²) in [5, 5.41) is 0. The third kappa shape index (κ3) is 1.29. The van der Waals surface area contributed by atoms with Gasteiger partial charge in [0, 0.05) is 5.92 Å². The Morgan fingerprint density at radius 1 is 1.78 bits per heavy atom. The Labute approximate surface area is 57.5 Å². The summed E-state index contributed by atoms with van der Waals surface area (Å²) in [4.78, 5) is 0. The topological polar surface area (TPSA) is 9.23 Å². The number of ether oxygens (including phenoxy) is 1. The largest absolute Gasteiger partial charge is 0.505 e. The summed E-state index contributed by atoms with van der Waals surface area (Å²) in [6.07, 6.45) is 2.94. The molecule has 1 fully saturated rings. The first-order valence-corrected chi connectivity index (χ1v) is 3.32. The molecule has 0 N–H and O–H groups in total. The minimum atomic E-state index is -0.0637. The van der Waals surface area contributed by atoms with Crippen molar-refractivity contribution in [3.63, 3.8) is 0 Å². The fourth-order valence-electron chi connectivity index (χ4n) is 1.16. The van der Waals surface area contributed by atoms with Crippen LogP contribution in [0.25, 0.3) is 0 Å². The van der Waals surface area contributed by atoms with Crippen molar-refractivity contribution < 1.29 is 4.74 Å². The van der Waals surface area contributed by atoms with Crippen molar-refractivity contribution in [2.45, 2.75) is 26.3 Å². The van der Waals surface area contributed by atoms with Gasteiger partial charge in [0.15, 0.2) is 0 Å². The molecule has 0 amide bonds. The van der Waals surface area contributed by atoms with Crippen LogP contribution in [0.5, 0.6) is 0 Å². The lowest BCUT2D eigenvalue weighted by molar-refractivity contribution is 0.226. The van der Waals surface area contributed by atoms with Crippen molar-refractivity contribution >= 4 is 7.85 Å². The number of rotatable bonds is 0. The van der Waals surface area contributed by atoms with E-state index in [0.717, 1.165) is 12.2 Å². The van der Waals surface area contributed by atoms with E-state index in [2.05, 4.69) is 6.92 Å². The van der Waals surface area contributed by atoms with Crippen LogP contribution in [0.2, 0.25) is 0 Å². The Hall–Kier alpha value is -0.395. The van der Waals surface area contributed by atoms with Crippen LogP contribution in [-0.4, -0.2) is 13.8 Å². The molecule has 1 nitrogen and oxygen atoms in total. The maximum atomic E-state index is 5.53. The highest BCUT2D eigenvalue weighted by atomic mass is 16.5. The van der Waals surface area contributed by atoms with Crippen molar-refractivity contribution in [3.8, 4) is 0 Å². The summed E-state index contributed by atoms with van der Waals surface area (Å²) >= 11 is 0. The van der Waals surface area contributed by atoms with E-state index >= 15 is 0 Å². The van der Waals surface area contributed by atoms with Crippen LogP contribution in [0.1, 0.15) is 20.3 Å². The van der Waals surface area contributed by atoms with Crippen molar-refractivity contribution in [2.75, 3.05) is 0 Å². The van der Waals surface area contributed by atoms with Gasteiger partial charge in [-0.1, -0.05) is 6.92 Å². The monoisotopic (exact) mass is 122 g/mol. The van der Waals surface area contributed by atoms with E-state index in [1.807, 2.05) is 13.0 Å². The van der Waals surface area contributed by atoms with Crippen LogP contribution in [-0.2, 0) is 4.74 Å². The molecular weight excluding hydrogens is 111 g/mol. The van der Waals surface area contributed by atoms with E-state index < -0.39 is 0 Å². The average Bonchev–Trinajstić information content (AvgIpc) is 2.10. The first-order valence-electron chi connectivity index (χ1n) is 3.32. The van der Waals surface area contributed by atoms with E-state index in [9.17, 15) is 0 Å². The predicted octanol–water partition coefficient (Wildman–Crippen LogP) is 1.44. The molecule has 1 aliphatic rings. The predicted molar refractivity (Wildman–Crippen MR) is 38.2 cm³/mol. The molecule has 1 unspecified atom stereocenters. The van der Waals surface area contributed by atoms with Crippen molar-refractivity contribution in [3.05, 3.63) is 11.8 Å². The van der Waals surface area contributed by atoms with Crippen LogP contribution < -0.4 is 0 Å². The van der Waals surface area contributed by atoms with Crippen molar-refractivity contribution in [2.24, 2.45) is 5.92 Å². The van der Waals surface area contributed by atoms with E-state index in [4.69, 9.17) is 12.6 Å². The highest BCUT2D eigenvalue weighted by Crippen LogP contribution is 2.27. The normalized spacial score (nSPS) is 39.1. The molecule has 0 bridgehead atoms. The van der Waals surface area contributed by atoms with E-state index in [0.29, 0.717) is 5.92 Å². The molecule has 0 aliphatic carbocycles. The van der Waals surface area contributed by atoms with Crippen LogP contribution >= 0.6 is 0 Å². The second-order valence-corrected chi connectivity index (χ2v) is 2.48. The van der Waals surface area contributed by atoms with Gasteiger partial charge in [0.2, 0.25) is 0 Å². The van der Waals surface area contributed by atoms with E-state index in [1.165, 1.54) is 0 Å². The van der Waals surface area contributed by atoms with Gasteiger partial charge in [-0.25, -0.2) is 0 Å². The summed E-state index contributed by atoms with van der Waals surface area (Å²) in [5.41, 5.74) is 0. The highest BCUT2D eigenvalue weighted by Gasteiger charge is 2.22. The van der Waals surface area contributed by atoms with Crippen molar-refractivity contribution in [1.29, 1.82) is 0 Å². The third-order valence-corrected chi connectivity index (χ3v) is 1.64. The Balaban J connectivity index is 2.58. The fourth-order valence-corrected chi connectivity index (χ4v) is 1.16. The molecule has 1 heterocycles. The van der Waals surface area contributed by atoms with Gasteiger partial charge in [-0.2, -0.15) is 0 Å². The molecule has 0 saturated carbocycles. The molecular formula is C7H11BO. The van der Waals surface area contributed by atoms with Crippen LogP contribution in [0, 0.1) is 5.92 Å². The number of hydrogen-bond donors (Lipinski definition) is 0. The van der Waals surface area contributed by atoms with Crippen LogP contribution in [0.4, 0.5) is 0 Å². The number of allylic oxidation sites excluding steroid dienone is 2. The maximum Gasteiger partial charge on any atom is 0.126 e. The maximum absolute atomic E-state index is 5.53. The summed E-state index contributed by atoms with van der Waals surface area (Å²) < 4.78 is 5.26. The second kappa shape index (κ2) is 2.46. The molecule has 0 aromatic heterocycles. The van der Waals surface area contributed by atoms with Gasteiger partial charge < -0.3 is 4.74 Å². The molecule has 0 spiro atoms. The Bertz CT molecular complexity index is 131. The lowest BCUT2D eigenvalue weighted by Gasteiger charge is -2.02. The van der Waals surface area contributed by atoms with Gasteiger partial charge in [-0.3, -0.25) is 0 Å². The zero-order valence-corrected chi connectivity index (χ0v) is 5.92. The molecule has 48 valence electrons. The van der Waals surface area contributed by atoms with Crippen LogP contribution in [0.3, 0.4) is 0 Å². The SMILES string of the molecule is [B][C@@H]1CC(C)/C(=C\C)O1. The summed E-state index contributed by atoms with van der Waals surface area (Å²) in [5.74, 6) is 1.56. The zero-order chi connectivity index (χ0) is 6.85. The minimum Gasteiger partial charge on any atom is -0.505 e. The quantitative estimate of drug-likeness (QED) is 0.441. The third-order valence-electron chi connectivity index (χ3n) is 1.64. The summed E-state index contributed by atoms with van der Waals surface area (Å²) in [6.45, 7) is 4.10. The van der Waals surface area contributed by atoms with Crippen molar-refractivity contribution in [1.82, 2.24) is 0 Å². The zero-order valence-electron chi connectivity index (χ0n) is 5.92. The van der Waals surface area contributed by atoms with Gasteiger partial charge in [0.1, 0.15) is 7.85 Å². The number of hydrogen-bond acceptors (Lipinski definition) is 1. The minimum absolute atomic E-state index is 0.0637. The van der Waals surface area contributed by atoms with E-state index in [-0.39, 0.29) is 6.00 Å². The molecule has 1 rings (SSSR count). The second-order valence-electron chi connectivity index (χ2n) is 2.48. The Kier molecular flexibility index (Phi) is 1.84. The Morgan fingerprint density at radius 3 is 2.67 bits per heavy atom. The first kappa shape index (κ1) is 6.72. The molecule has 0 aromatic carbocycles. The van der Waals surface area contributed by atoms with Gasteiger partial charge in [-0.15, -0.1) is 0 Å². The standard InChI is InChI=1S/C7H11BO/c1-3-6-5(2)4-7(8)9-6/h3,5,7H,4H2,1-2H3/b6-3+/t5?,7-/m0/s1.